The molecule has 98 valence electrons. The Kier molecular flexibility index (Phi) is 3.12. The highest BCUT2D eigenvalue weighted by Crippen LogP contribution is 2.27. The van der Waals surface area contributed by atoms with Gasteiger partial charge in [-0.05, 0) is 36.2 Å². The second-order valence-electron chi connectivity index (χ2n) is 4.72. The van der Waals surface area contributed by atoms with Crippen LogP contribution >= 0.6 is 11.3 Å². The van der Waals surface area contributed by atoms with Crippen LogP contribution in [-0.4, -0.2) is 14.9 Å². The molecule has 0 aliphatic carbocycles. The third-order valence-corrected chi connectivity index (χ3v) is 4.58. The SMILES string of the molecule is Cc1nn(Cc2csc3ccccc23)c(C)c1CO. The van der Waals surface area contributed by atoms with E-state index in [1.165, 1.54) is 15.6 Å². The maximum atomic E-state index is 9.36. The highest BCUT2D eigenvalue weighted by atomic mass is 32.1. The van der Waals surface area contributed by atoms with Gasteiger partial charge in [0.1, 0.15) is 0 Å². The fourth-order valence-corrected chi connectivity index (χ4v) is 3.39. The van der Waals surface area contributed by atoms with Crippen molar-refractivity contribution in [1.82, 2.24) is 9.78 Å². The Morgan fingerprint density at radius 2 is 2.05 bits per heavy atom. The molecule has 0 radical (unpaired) electrons. The second-order valence-corrected chi connectivity index (χ2v) is 5.63. The van der Waals surface area contributed by atoms with Crippen LogP contribution in [0.3, 0.4) is 0 Å². The number of hydrogen-bond acceptors (Lipinski definition) is 3. The zero-order valence-electron chi connectivity index (χ0n) is 11.1. The summed E-state index contributed by atoms with van der Waals surface area (Å²) in [5, 5.41) is 17.4. The Morgan fingerprint density at radius 3 is 2.79 bits per heavy atom. The Balaban J connectivity index is 2.02. The summed E-state index contributed by atoms with van der Waals surface area (Å²) in [6.45, 7) is 4.78. The van der Waals surface area contributed by atoms with Crippen LogP contribution in [0.15, 0.2) is 29.6 Å². The number of rotatable bonds is 3. The van der Waals surface area contributed by atoms with Crippen molar-refractivity contribution in [2.24, 2.45) is 0 Å². The number of fused-ring (bicyclic) bond motifs is 1. The second kappa shape index (κ2) is 4.79. The molecule has 3 aromatic rings. The first-order valence-corrected chi connectivity index (χ1v) is 7.17. The Morgan fingerprint density at radius 1 is 1.26 bits per heavy atom. The molecule has 3 nitrogen and oxygen atoms in total. The number of aliphatic hydroxyl groups excluding tert-OH is 1. The lowest BCUT2D eigenvalue weighted by Gasteiger charge is -2.04. The average Bonchev–Trinajstić information content (AvgIpc) is 2.93. The van der Waals surface area contributed by atoms with Gasteiger partial charge in [-0.15, -0.1) is 11.3 Å². The molecule has 1 N–H and O–H groups in total. The Hall–Kier alpha value is -1.65. The van der Waals surface area contributed by atoms with Crippen LogP contribution in [0.25, 0.3) is 10.1 Å². The monoisotopic (exact) mass is 272 g/mol. The van der Waals surface area contributed by atoms with Crippen molar-refractivity contribution < 1.29 is 5.11 Å². The summed E-state index contributed by atoms with van der Waals surface area (Å²) in [6, 6.07) is 8.43. The van der Waals surface area contributed by atoms with Crippen LogP contribution in [0, 0.1) is 13.8 Å². The molecule has 3 rings (SSSR count). The van der Waals surface area contributed by atoms with Crippen molar-refractivity contribution in [2.75, 3.05) is 0 Å². The minimum Gasteiger partial charge on any atom is -0.392 e. The quantitative estimate of drug-likeness (QED) is 0.794. The molecule has 0 amide bonds. The zero-order valence-corrected chi connectivity index (χ0v) is 11.9. The number of aliphatic hydroxyl groups is 1. The summed E-state index contributed by atoms with van der Waals surface area (Å²) in [4.78, 5) is 0. The van der Waals surface area contributed by atoms with E-state index in [9.17, 15) is 5.11 Å². The van der Waals surface area contributed by atoms with Crippen LogP contribution in [-0.2, 0) is 13.2 Å². The fraction of sp³-hybridized carbons (Fsp3) is 0.267. The predicted octanol–water partition coefficient (Wildman–Crippen LogP) is 3.26. The molecular weight excluding hydrogens is 256 g/mol. The average molecular weight is 272 g/mol. The van der Waals surface area contributed by atoms with Gasteiger partial charge in [0, 0.05) is 16.0 Å². The predicted molar refractivity (Wildman–Crippen MR) is 78.6 cm³/mol. The minimum absolute atomic E-state index is 0.0576. The number of thiophene rings is 1. The number of benzene rings is 1. The molecule has 1 aromatic carbocycles. The maximum absolute atomic E-state index is 9.36. The molecule has 0 saturated heterocycles. The van der Waals surface area contributed by atoms with E-state index in [0.717, 1.165) is 23.5 Å². The topological polar surface area (TPSA) is 38.0 Å². The molecule has 2 heterocycles. The summed E-state index contributed by atoms with van der Waals surface area (Å²) in [6.07, 6.45) is 0. The van der Waals surface area contributed by atoms with Crippen LogP contribution in [0.1, 0.15) is 22.5 Å². The van der Waals surface area contributed by atoms with Gasteiger partial charge in [-0.2, -0.15) is 5.10 Å². The van der Waals surface area contributed by atoms with Crippen molar-refractivity contribution in [3.8, 4) is 0 Å². The van der Waals surface area contributed by atoms with Crippen molar-refractivity contribution >= 4 is 21.4 Å². The molecule has 0 fully saturated rings. The standard InChI is InChI=1S/C15H16N2OS/c1-10-14(8-18)11(2)17(16-10)7-12-9-19-15-6-4-3-5-13(12)15/h3-6,9,18H,7-8H2,1-2H3. The van der Waals surface area contributed by atoms with Gasteiger partial charge in [-0.3, -0.25) is 4.68 Å². The number of hydrogen-bond donors (Lipinski definition) is 1. The lowest BCUT2D eigenvalue weighted by Crippen LogP contribution is -2.03. The molecule has 0 aliphatic rings. The van der Waals surface area contributed by atoms with Crippen LogP contribution in [0.4, 0.5) is 0 Å². The van der Waals surface area contributed by atoms with Crippen LogP contribution < -0.4 is 0 Å². The van der Waals surface area contributed by atoms with Gasteiger partial charge in [-0.25, -0.2) is 0 Å². The zero-order chi connectivity index (χ0) is 13.4. The molecule has 0 aliphatic heterocycles. The number of nitrogens with zero attached hydrogens (tertiary/aromatic N) is 2. The van der Waals surface area contributed by atoms with E-state index in [0.29, 0.717) is 0 Å². The van der Waals surface area contributed by atoms with E-state index in [-0.39, 0.29) is 6.61 Å². The normalized spacial score (nSPS) is 11.3. The third kappa shape index (κ3) is 2.07. The van der Waals surface area contributed by atoms with Gasteiger partial charge < -0.3 is 5.11 Å². The lowest BCUT2D eigenvalue weighted by molar-refractivity contribution is 0.280. The highest BCUT2D eigenvalue weighted by molar-refractivity contribution is 7.17. The van der Waals surface area contributed by atoms with Crippen molar-refractivity contribution in [3.63, 3.8) is 0 Å². The van der Waals surface area contributed by atoms with Gasteiger partial charge in [0.2, 0.25) is 0 Å². The number of aromatic nitrogens is 2. The lowest BCUT2D eigenvalue weighted by atomic mass is 10.1. The molecule has 0 spiro atoms. The molecule has 2 aromatic heterocycles. The smallest absolute Gasteiger partial charge is 0.0718 e. The minimum atomic E-state index is 0.0576. The largest absolute Gasteiger partial charge is 0.392 e. The van der Waals surface area contributed by atoms with Crippen molar-refractivity contribution in [2.45, 2.75) is 27.0 Å². The molecule has 0 saturated carbocycles. The first kappa shape index (κ1) is 12.4. The van der Waals surface area contributed by atoms with Gasteiger partial charge >= 0.3 is 0 Å². The highest BCUT2D eigenvalue weighted by Gasteiger charge is 2.12. The maximum Gasteiger partial charge on any atom is 0.0718 e. The molecule has 0 bridgehead atoms. The summed E-state index contributed by atoms with van der Waals surface area (Å²) < 4.78 is 3.29. The van der Waals surface area contributed by atoms with Crippen LogP contribution in [0.5, 0.6) is 0 Å². The van der Waals surface area contributed by atoms with E-state index >= 15 is 0 Å². The van der Waals surface area contributed by atoms with Gasteiger partial charge in [0.25, 0.3) is 0 Å². The fourth-order valence-electron chi connectivity index (χ4n) is 2.43. The van der Waals surface area contributed by atoms with Crippen molar-refractivity contribution in [3.05, 3.63) is 52.2 Å². The van der Waals surface area contributed by atoms with Crippen molar-refractivity contribution in [1.29, 1.82) is 0 Å². The molecular formula is C15H16N2OS. The molecule has 19 heavy (non-hydrogen) atoms. The van der Waals surface area contributed by atoms with E-state index in [4.69, 9.17) is 0 Å². The summed E-state index contributed by atoms with van der Waals surface area (Å²) >= 11 is 1.77. The Labute approximate surface area is 116 Å². The molecule has 0 unspecified atom stereocenters. The van der Waals surface area contributed by atoms with Gasteiger partial charge in [0.05, 0.1) is 18.8 Å². The first-order chi connectivity index (χ1) is 9.20. The summed E-state index contributed by atoms with van der Waals surface area (Å²) in [5.41, 5.74) is 4.20. The van der Waals surface area contributed by atoms with Gasteiger partial charge in [0.15, 0.2) is 0 Å². The number of aryl methyl sites for hydroxylation is 1. The molecule has 0 atom stereocenters. The van der Waals surface area contributed by atoms with E-state index in [1.54, 1.807) is 11.3 Å². The first-order valence-electron chi connectivity index (χ1n) is 6.29. The van der Waals surface area contributed by atoms with E-state index in [2.05, 4.69) is 34.7 Å². The summed E-state index contributed by atoms with van der Waals surface area (Å²) in [7, 11) is 0. The Bertz CT molecular complexity index is 727. The van der Waals surface area contributed by atoms with E-state index < -0.39 is 0 Å². The van der Waals surface area contributed by atoms with E-state index in [1.807, 2.05) is 18.5 Å². The third-order valence-electron chi connectivity index (χ3n) is 3.57. The van der Waals surface area contributed by atoms with Gasteiger partial charge in [-0.1, -0.05) is 18.2 Å². The summed E-state index contributed by atoms with van der Waals surface area (Å²) in [5.74, 6) is 0. The van der Waals surface area contributed by atoms with Crippen LogP contribution in [0.2, 0.25) is 0 Å². The molecule has 4 heteroatoms.